The van der Waals surface area contributed by atoms with E-state index in [0.29, 0.717) is 5.75 Å². The van der Waals surface area contributed by atoms with Crippen molar-refractivity contribution < 1.29 is 14.3 Å². The Hall–Kier alpha value is -1.67. The molecule has 1 aromatic carbocycles. The van der Waals surface area contributed by atoms with Gasteiger partial charge in [0, 0.05) is 10.4 Å². The van der Waals surface area contributed by atoms with Crippen LogP contribution in [0.3, 0.4) is 0 Å². The number of halogens is 1. The Morgan fingerprint density at radius 2 is 2.09 bits per heavy atom. The number of carbonyl (C=O) groups is 2. The van der Waals surface area contributed by atoms with Crippen LogP contribution in [0.25, 0.3) is 0 Å². The number of hydrogen-bond donors (Lipinski definition) is 3. The van der Waals surface area contributed by atoms with Crippen LogP contribution in [0.1, 0.15) is 18.4 Å². The van der Waals surface area contributed by atoms with Gasteiger partial charge in [0.05, 0.1) is 0 Å². The fourth-order valence-corrected chi connectivity index (χ4v) is 2.30. The van der Waals surface area contributed by atoms with E-state index in [9.17, 15) is 9.59 Å². The lowest BCUT2D eigenvalue weighted by molar-refractivity contribution is -0.124. The summed E-state index contributed by atoms with van der Waals surface area (Å²) in [6, 6.07) is 5.51. The highest BCUT2D eigenvalue weighted by atomic mass is 79.9. The van der Waals surface area contributed by atoms with Gasteiger partial charge in [-0.1, -0.05) is 15.9 Å². The quantitative estimate of drug-likeness (QED) is 0.541. The van der Waals surface area contributed by atoms with E-state index in [2.05, 4.69) is 32.1 Å². The van der Waals surface area contributed by atoms with Crippen LogP contribution < -0.4 is 20.9 Å². The number of rotatable bonds is 4. The van der Waals surface area contributed by atoms with Crippen molar-refractivity contribution in [3.05, 3.63) is 28.2 Å². The minimum atomic E-state index is -0.398. The molecule has 3 N–H and O–H groups in total. The van der Waals surface area contributed by atoms with Crippen LogP contribution in [0.2, 0.25) is 0 Å². The molecule has 0 bridgehead atoms. The zero-order valence-electron chi connectivity index (χ0n) is 11.9. The first-order chi connectivity index (χ1) is 10.5. The molecule has 6 nitrogen and oxygen atoms in total. The maximum absolute atomic E-state index is 11.7. The van der Waals surface area contributed by atoms with Gasteiger partial charge in [0.15, 0.2) is 11.7 Å². The third-order valence-electron chi connectivity index (χ3n) is 3.00. The van der Waals surface area contributed by atoms with Gasteiger partial charge in [0.1, 0.15) is 5.75 Å². The minimum absolute atomic E-state index is 0.0548. The highest BCUT2D eigenvalue weighted by Crippen LogP contribution is 2.28. The Bertz CT molecular complexity index is 605. The van der Waals surface area contributed by atoms with Crippen LogP contribution in [0.15, 0.2) is 22.7 Å². The molecule has 0 atom stereocenters. The number of amides is 2. The molecule has 0 spiro atoms. The molecule has 22 heavy (non-hydrogen) atoms. The molecular formula is C14H16BrN3O3S. The van der Waals surface area contributed by atoms with Crippen LogP contribution in [0.4, 0.5) is 0 Å². The molecule has 8 heteroatoms. The van der Waals surface area contributed by atoms with Gasteiger partial charge in [0.25, 0.3) is 5.91 Å². The molecule has 0 aliphatic heterocycles. The number of carbonyl (C=O) groups excluding carboxylic acids is 2. The Labute approximate surface area is 142 Å². The smallest absolute Gasteiger partial charge is 0.276 e. The zero-order chi connectivity index (χ0) is 16.1. The molecule has 1 aliphatic rings. The zero-order valence-corrected chi connectivity index (χ0v) is 14.3. The van der Waals surface area contributed by atoms with E-state index >= 15 is 0 Å². The second-order valence-electron chi connectivity index (χ2n) is 4.96. The van der Waals surface area contributed by atoms with Crippen molar-refractivity contribution in [2.45, 2.75) is 19.8 Å². The maximum Gasteiger partial charge on any atom is 0.276 e. The summed E-state index contributed by atoms with van der Waals surface area (Å²) in [7, 11) is 0. The van der Waals surface area contributed by atoms with E-state index in [4.69, 9.17) is 17.0 Å². The summed E-state index contributed by atoms with van der Waals surface area (Å²) in [5.74, 6) is 0.168. The first-order valence-electron chi connectivity index (χ1n) is 6.74. The van der Waals surface area contributed by atoms with Crippen molar-refractivity contribution in [3.63, 3.8) is 0 Å². The number of hydrogen-bond acceptors (Lipinski definition) is 4. The van der Waals surface area contributed by atoms with Crippen molar-refractivity contribution in [1.29, 1.82) is 0 Å². The van der Waals surface area contributed by atoms with Crippen LogP contribution in [0, 0.1) is 12.8 Å². The molecule has 0 heterocycles. The molecule has 1 aliphatic carbocycles. The summed E-state index contributed by atoms with van der Waals surface area (Å²) in [6.07, 6.45) is 1.78. The lowest BCUT2D eigenvalue weighted by Gasteiger charge is -2.12. The van der Waals surface area contributed by atoms with Gasteiger partial charge >= 0.3 is 0 Å². The second kappa shape index (κ2) is 7.55. The molecule has 2 amide bonds. The fraction of sp³-hybridized carbons (Fsp3) is 0.357. The molecule has 1 aromatic rings. The predicted molar refractivity (Wildman–Crippen MR) is 89.1 cm³/mol. The molecule has 1 saturated carbocycles. The van der Waals surface area contributed by atoms with E-state index < -0.39 is 5.91 Å². The van der Waals surface area contributed by atoms with E-state index in [1.165, 1.54) is 0 Å². The summed E-state index contributed by atoms with van der Waals surface area (Å²) in [5.41, 5.74) is 5.76. The van der Waals surface area contributed by atoms with Crippen LogP contribution in [-0.4, -0.2) is 23.5 Å². The van der Waals surface area contributed by atoms with E-state index in [0.717, 1.165) is 22.9 Å². The molecule has 118 valence electrons. The topological polar surface area (TPSA) is 79.5 Å². The number of ether oxygens (including phenoxy) is 1. The third-order valence-corrected chi connectivity index (χ3v) is 3.69. The number of benzene rings is 1. The molecule has 0 radical (unpaired) electrons. The van der Waals surface area contributed by atoms with E-state index in [1.54, 1.807) is 6.07 Å². The van der Waals surface area contributed by atoms with Gasteiger partial charge in [-0.25, -0.2) is 0 Å². The van der Waals surface area contributed by atoms with Gasteiger partial charge in [-0.2, -0.15) is 0 Å². The van der Waals surface area contributed by atoms with Crippen LogP contribution in [-0.2, 0) is 9.59 Å². The Kier molecular flexibility index (Phi) is 5.73. The van der Waals surface area contributed by atoms with Gasteiger partial charge in [-0.15, -0.1) is 0 Å². The van der Waals surface area contributed by atoms with Crippen LogP contribution in [0.5, 0.6) is 5.75 Å². The lowest BCUT2D eigenvalue weighted by Crippen LogP contribution is -2.50. The minimum Gasteiger partial charge on any atom is -0.483 e. The predicted octanol–water partition coefficient (Wildman–Crippen LogP) is 1.57. The maximum atomic E-state index is 11.7. The number of aryl methyl sites for hydroxylation is 1. The number of nitrogens with one attached hydrogen (secondary N) is 3. The molecular weight excluding hydrogens is 370 g/mol. The van der Waals surface area contributed by atoms with E-state index in [1.807, 2.05) is 19.1 Å². The molecule has 0 saturated heterocycles. The average Bonchev–Trinajstić information content (AvgIpc) is 3.28. The molecule has 2 rings (SSSR count). The van der Waals surface area contributed by atoms with E-state index in [-0.39, 0.29) is 23.5 Å². The first-order valence-corrected chi connectivity index (χ1v) is 7.94. The van der Waals surface area contributed by atoms with Crippen molar-refractivity contribution in [1.82, 2.24) is 16.2 Å². The second-order valence-corrected chi connectivity index (χ2v) is 6.29. The standard InChI is InChI=1S/C14H16BrN3O3S/c1-8-6-10(15)4-5-11(8)21-7-12(19)17-18-14(22)16-13(20)9-2-3-9/h4-6,9H,2-3,7H2,1H3,(H,17,19)(H2,16,18,20,22). The Morgan fingerprint density at radius 3 is 2.73 bits per heavy atom. The fourth-order valence-electron chi connectivity index (χ4n) is 1.67. The summed E-state index contributed by atoms with van der Waals surface area (Å²) < 4.78 is 6.36. The summed E-state index contributed by atoms with van der Waals surface area (Å²) in [6.45, 7) is 1.73. The van der Waals surface area contributed by atoms with Gasteiger partial charge in [-0.3, -0.25) is 20.4 Å². The Morgan fingerprint density at radius 1 is 1.36 bits per heavy atom. The van der Waals surface area contributed by atoms with Crippen LogP contribution >= 0.6 is 28.1 Å². The number of hydrazine groups is 1. The SMILES string of the molecule is Cc1cc(Br)ccc1OCC(=O)NNC(=S)NC(=O)C1CC1. The highest BCUT2D eigenvalue weighted by molar-refractivity contribution is 9.10. The lowest BCUT2D eigenvalue weighted by atomic mass is 10.2. The summed E-state index contributed by atoms with van der Waals surface area (Å²) in [5, 5.41) is 2.58. The van der Waals surface area contributed by atoms with Crippen molar-refractivity contribution in [2.24, 2.45) is 5.92 Å². The average molecular weight is 386 g/mol. The molecule has 0 unspecified atom stereocenters. The monoisotopic (exact) mass is 385 g/mol. The third kappa shape index (κ3) is 5.27. The van der Waals surface area contributed by atoms with Gasteiger partial charge in [0.2, 0.25) is 5.91 Å². The molecule has 0 aromatic heterocycles. The largest absolute Gasteiger partial charge is 0.483 e. The Balaban J connectivity index is 1.69. The summed E-state index contributed by atoms with van der Waals surface area (Å²) in [4.78, 5) is 23.1. The number of thiocarbonyl (C=S) groups is 1. The highest BCUT2D eigenvalue weighted by Gasteiger charge is 2.30. The summed E-state index contributed by atoms with van der Waals surface area (Å²) >= 11 is 8.26. The normalized spacial score (nSPS) is 13.2. The molecule has 1 fully saturated rings. The van der Waals surface area contributed by atoms with Crippen molar-refractivity contribution in [3.8, 4) is 5.75 Å². The first kappa shape index (κ1) is 16.7. The van der Waals surface area contributed by atoms with Crippen molar-refractivity contribution in [2.75, 3.05) is 6.61 Å². The van der Waals surface area contributed by atoms with Crippen molar-refractivity contribution >= 4 is 45.1 Å². The van der Waals surface area contributed by atoms with Gasteiger partial charge < -0.3 is 10.1 Å². The van der Waals surface area contributed by atoms with Gasteiger partial charge in [-0.05, 0) is 55.7 Å².